The van der Waals surface area contributed by atoms with Crippen molar-refractivity contribution < 1.29 is 4.74 Å². The number of nitrogens with one attached hydrogen (secondary N) is 1. The molecule has 86 valence electrons. The predicted molar refractivity (Wildman–Crippen MR) is 68.4 cm³/mol. The quantitative estimate of drug-likeness (QED) is 0.867. The molecule has 1 aromatic heterocycles. The SMILES string of the molecule is C=C(C)N/C(=C\C)C1OCCc2sccc21. The van der Waals surface area contributed by atoms with Gasteiger partial charge in [-0.05, 0) is 25.3 Å². The van der Waals surface area contributed by atoms with Gasteiger partial charge < -0.3 is 10.1 Å². The first kappa shape index (κ1) is 11.4. The van der Waals surface area contributed by atoms with Crippen LogP contribution in [-0.2, 0) is 11.2 Å². The molecule has 0 saturated carbocycles. The van der Waals surface area contributed by atoms with Gasteiger partial charge in [-0.3, -0.25) is 0 Å². The molecule has 0 aromatic carbocycles. The Bertz CT molecular complexity index is 419. The standard InChI is InChI=1S/C13H17NOS/c1-4-11(14-9(2)3)13-10-6-8-16-12(10)5-7-15-13/h4,6,8,13-14H,2,5,7H2,1,3H3/b11-4-. The van der Waals surface area contributed by atoms with Gasteiger partial charge in [0.2, 0.25) is 0 Å². The molecular weight excluding hydrogens is 218 g/mol. The van der Waals surface area contributed by atoms with Crippen molar-refractivity contribution >= 4 is 11.3 Å². The van der Waals surface area contributed by atoms with Crippen molar-refractivity contribution in [3.8, 4) is 0 Å². The second-order valence-electron chi connectivity index (χ2n) is 3.95. The molecule has 0 spiro atoms. The highest BCUT2D eigenvalue weighted by atomic mass is 32.1. The summed E-state index contributed by atoms with van der Waals surface area (Å²) >= 11 is 1.82. The topological polar surface area (TPSA) is 21.3 Å². The molecule has 0 aliphatic carbocycles. The molecule has 1 N–H and O–H groups in total. The fourth-order valence-corrected chi connectivity index (χ4v) is 2.83. The highest BCUT2D eigenvalue weighted by Gasteiger charge is 2.24. The normalized spacial score (nSPS) is 20.4. The van der Waals surface area contributed by atoms with Crippen LogP contribution in [0.5, 0.6) is 0 Å². The van der Waals surface area contributed by atoms with Crippen molar-refractivity contribution in [2.45, 2.75) is 26.4 Å². The predicted octanol–water partition coefficient (Wildman–Crippen LogP) is 3.39. The summed E-state index contributed by atoms with van der Waals surface area (Å²) in [6, 6.07) is 2.16. The molecular formula is C13H17NOS. The molecule has 0 radical (unpaired) electrons. The average Bonchev–Trinajstić information content (AvgIpc) is 2.73. The van der Waals surface area contributed by atoms with Crippen LogP contribution in [0.3, 0.4) is 0 Å². The van der Waals surface area contributed by atoms with Gasteiger partial charge in [0.25, 0.3) is 0 Å². The summed E-state index contributed by atoms with van der Waals surface area (Å²) in [5.74, 6) is 0. The van der Waals surface area contributed by atoms with Gasteiger partial charge in [0.05, 0.1) is 6.61 Å². The summed E-state index contributed by atoms with van der Waals surface area (Å²) in [4.78, 5) is 1.44. The maximum atomic E-state index is 5.85. The van der Waals surface area contributed by atoms with Crippen LogP contribution >= 0.6 is 11.3 Å². The van der Waals surface area contributed by atoms with Gasteiger partial charge in [-0.25, -0.2) is 0 Å². The van der Waals surface area contributed by atoms with Gasteiger partial charge in [-0.2, -0.15) is 0 Å². The third kappa shape index (κ3) is 2.20. The minimum Gasteiger partial charge on any atom is -0.367 e. The molecule has 2 nitrogen and oxygen atoms in total. The van der Waals surface area contributed by atoms with Gasteiger partial charge >= 0.3 is 0 Å². The zero-order valence-corrected chi connectivity index (χ0v) is 10.6. The number of hydrogen-bond donors (Lipinski definition) is 1. The largest absolute Gasteiger partial charge is 0.367 e. The lowest BCUT2D eigenvalue weighted by atomic mass is 10.0. The zero-order valence-electron chi connectivity index (χ0n) is 9.75. The molecule has 3 heteroatoms. The minimum atomic E-state index is 0.0525. The van der Waals surface area contributed by atoms with Gasteiger partial charge in [0, 0.05) is 28.3 Å². The highest BCUT2D eigenvalue weighted by molar-refractivity contribution is 7.10. The van der Waals surface area contributed by atoms with E-state index in [4.69, 9.17) is 4.74 Å². The van der Waals surface area contributed by atoms with E-state index in [1.54, 1.807) is 0 Å². The van der Waals surface area contributed by atoms with E-state index in [0.717, 1.165) is 24.4 Å². The van der Waals surface area contributed by atoms with Crippen LogP contribution in [0.4, 0.5) is 0 Å². The van der Waals surface area contributed by atoms with Gasteiger partial charge in [-0.15, -0.1) is 11.3 Å². The van der Waals surface area contributed by atoms with Crippen LogP contribution in [0.2, 0.25) is 0 Å². The summed E-state index contributed by atoms with van der Waals surface area (Å²) in [5, 5.41) is 5.42. The Morgan fingerprint density at radius 2 is 2.50 bits per heavy atom. The van der Waals surface area contributed by atoms with Crippen LogP contribution in [0, 0.1) is 0 Å². The van der Waals surface area contributed by atoms with E-state index in [2.05, 4.69) is 29.4 Å². The average molecular weight is 235 g/mol. The summed E-state index contributed by atoms with van der Waals surface area (Å²) < 4.78 is 5.85. The minimum absolute atomic E-state index is 0.0525. The van der Waals surface area contributed by atoms with E-state index < -0.39 is 0 Å². The summed E-state index contributed by atoms with van der Waals surface area (Å²) in [5.41, 5.74) is 3.34. The number of ether oxygens (including phenoxy) is 1. The summed E-state index contributed by atoms with van der Waals surface area (Å²) in [6.07, 6.45) is 3.15. The van der Waals surface area contributed by atoms with E-state index in [0.29, 0.717) is 0 Å². The lowest BCUT2D eigenvalue weighted by Gasteiger charge is -2.26. The van der Waals surface area contributed by atoms with Gasteiger partial charge in [-0.1, -0.05) is 12.7 Å². The summed E-state index contributed by atoms with van der Waals surface area (Å²) in [7, 11) is 0. The lowest BCUT2D eigenvalue weighted by Crippen LogP contribution is -2.23. The van der Waals surface area contributed by atoms with E-state index in [9.17, 15) is 0 Å². The van der Waals surface area contributed by atoms with E-state index in [-0.39, 0.29) is 6.10 Å². The summed E-state index contributed by atoms with van der Waals surface area (Å²) in [6.45, 7) is 8.66. The third-order valence-corrected chi connectivity index (χ3v) is 3.62. The Morgan fingerprint density at radius 3 is 3.19 bits per heavy atom. The first-order chi connectivity index (χ1) is 7.72. The van der Waals surface area contributed by atoms with Crippen molar-refractivity contribution in [2.75, 3.05) is 6.61 Å². The Hall–Kier alpha value is -1.06. The molecule has 1 aliphatic rings. The third-order valence-electron chi connectivity index (χ3n) is 2.63. The fourth-order valence-electron chi connectivity index (χ4n) is 1.94. The molecule has 2 rings (SSSR count). The monoisotopic (exact) mass is 235 g/mol. The van der Waals surface area contributed by atoms with Crippen molar-refractivity contribution in [1.82, 2.24) is 5.32 Å². The molecule has 1 unspecified atom stereocenters. The first-order valence-electron chi connectivity index (χ1n) is 5.49. The molecule has 1 aromatic rings. The van der Waals surface area contributed by atoms with E-state index in [1.807, 2.05) is 25.2 Å². The van der Waals surface area contributed by atoms with Gasteiger partial charge in [0.1, 0.15) is 6.10 Å². The maximum absolute atomic E-state index is 5.85. The van der Waals surface area contributed by atoms with Crippen LogP contribution in [-0.4, -0.2) is 6.61 Å². The zero-order chi connectivity index (χ0) is 11.5. The molecule has 1 atom stereocenters. The number of fused-ring (bicyclic) bond motifs is 1. The van der Waals surface area contributed by atoms with Crippen molar-refractivity contribution in [2.24, 2.45) is 0 Å². The van der Waals surface area contributed by atoms with Crippen LogP contribution in [0.1, 0.15) is 30.4 Å². The second kappa shape index (κ2) is 4.85. The molecule has 1 aliphatic heterocycles. The lowest BCUT2D eigenvalue weighted by molar-refractivity contribution is 0.0647. The van der Waals surface area contributed by atoms with Crippen molar-refractivity contribution in [3.05, 3.63) is 45.9 Å². The van der Waals surface area contributed by atoms with Crippen molar-refractivity contribution in [3.63, 3.8) is 0 Å². The molecule has 0 amide bonds. The fraction of sp³-hybridized carbons (Fsp3) is 0.385. The molecule has 2 heterocycles. The van der Waals surface area contributed by atoms with Gasteiger partial charge in [0.15, 0.2) is 0 Å². The van der Waals surface area contributed by atoms with E-state index in [1.165, 1.54) is 10.4 Å². The second-order valence-corrected chi connectivity index (χ2v) is 4.95. The van der Waals surface area contributed by atoms with Crippen LogP contribution in [0.25, 0.3) is 0 Å². The molecule has 0 fully saturated rings. The molecule has 0 bridgehead atoms. The maximum Gasteiger partial charge on any atom is 0.123 e. The number of rotatable bonds is 3. The Labute approximate surface area is 101 Å². The van der Waals surface area contributed by atoms with E-state index >= 15 is 0 Å². The Morgan fingerprint density at radius 1 is 1.69 bits per heavy atom. The van der Waals surface area contributed by atoms with Crippen molar-refractivity contribution in [1.29, 1.82) is 0 Å². The van der Waals surface area contributed by atoms with Crippen LogP contribution in [0.15, 0.2) is 35.5 Å². The Balaban J connectivity index is 2.26. The Kier molecular flexibility index (Phi) is 3.46. The number of allylic oxidation sites excluding steroid dienone is 2. The highest BCUT2D eigenvalue weighted by Crippen LogP contribution is 2.34. The molecule has 0 saturated heterocycles. The first-order valence-corrected chi connectivity index (χ1v) is 6.37. The molecule has 16 heavy (non-hydrogen) atoms. The van der Waals surface area contributed by atoms with Crippen LogP contribution < -0.4 is 5.32 Å². The number of hydrogen-bond acceptors (Lipinski definition) is 3. The number of thiophene rings is 1. The smallest absolute Gasteiger partial charge is 0.123 e.